The minimum absolute atomic E-state index is 0.196. The van der Waals surface area contributed by atoms with Crippen molar-refractivity contribution in [1.29, 1.82) is 0 Å². The van der Waals surface area contributed by atoms with Crippen molar-refractivity contribution in [2.24, 2.45) is 0 Å². The highest BCUT2D eigenvalue weighted by molar-refractivity contribution is 9.10. The Balaban J connectivity index is 1.42. The number of imide groups is 1. The molecule has 3 aromatic rings. The van der Waals surface area contributed by atoms with E-state index in [-0.39, 0.29) is 30.2 Å². The minimum atomic E-state index is -0.350. The van der Waals surface area contributed by atoms with Gasteiger partial charge in [0.15, 0.2) is 18.1 Å². The van der Waals surface area contributed by atoms with Crippen LogP contribution in [0.3, 0.4) is 0 Å². The van der Waals surface area contributed by atoms with Crippen molar-refractivity contribution >= 4 is 56.5 Å². The van der Waals surface area contributed by atoms with E-state index in [2.05, 4.69) is 21.2 Å². The molecule has 1 aliphatic heterocycles. The van der Waals surface area contributed by atoms with Crippen LogP contribution in [0.4, 0.5) is 10.5 Å². The molecule has 0 aromatic heterocycles. The average Bonchev–Trinajstić information content (AvgIpc) is 3.10. The number of nitrogens with zero attached hydrogens (tertiary/aromatic N) is 1. The SMILES string of the molecule is COc1cc(/C=C2/SC(=O)N(Cc3cccc(Br)c3)C2=O)ccc1OCC(=O)Nc1cccc(C)c1. The Morgan fingerprint density at radius 2 is 1.86 bits per heavy atom. The van der Waals surface area contributed by atoms with Gasteiger partial charge in [-0.3, -0.25) is 19.3 Å². The van der Waals surface area contributed by atoms with Gasteiger partial charge >= 0.3 is 0 Å². The van der Waals surface area contributed by atoms with Crippen molar-refractivity contribution in [2.75, 3.05) is 19.0 Å². The number of carbonyl (C=O) groups excluding carboxylic acids is 3. The summed E-state index contributed by atoms with van der Waals surface area (Å²) in [6.07, 6.45) is 1.64. The van der Waals surface area contributed by atoms with Crippen molar-refractivity contribution in [1.82, 2.24) is 4.90 Å². The standard InChI is InChI=1S/C27H23BrN2O5S/c1-17-5-3-8-21(11-17)29-25(31)16-35-22-10-9-18(13-23(22)34-2)14-24-26(32)30(27(33)36-24)15-19-6-4-7-20(28)12-19/h3-14H,15-16H2,1-2H3,(H,29,31)/b24-14+. The highest BCUT2D eigenvalue weighted by atomic mass is 79.9. The van der Waals surface area contributed by atoms with Gasteiger partial charge in [-0.25, -0.2) is 0 Å². The molecule has 184 valence electrons. The van der Waals surface area contributed by atoms with Gasteiger partial charge in [-0.1, -0.05) is 46.3 Å². The Kier molecular flexibility index (Phi) is 8.12. The molecule has 0 spiro atoms. The molecule has 9 heteroatoms. The van der Waals surface area contributed by atoms with Crippen molar-refractivity contribution in [2.45, 2.75) is 13.5 Å². The van der Waals surface area contributed by atoms with E-state index in [4.69, 9.17) is 9.47 Å². The summed E-state index contributed by atoms with van der Waals surface area (Å²) in [5.74, 6) is 0.139. The maximum absolute atomic E-state index is 12.9. The maximum atomic E-state index is 12.9. The zero-order chi connectivity index (χ0) is 25.7. The van der Waals surface area contributed by atoms with Gasteiger partial charge in [0.25, 0.3) is 17.1 Å². The van der Waals surface area contributed by atoms with Crippen LogP contribution in [-0.2, 0) is 16.1 Å². The van der Waals surface area contributed by atoms with Crippen LogP contribution >= 0.6 is 27.7 Å². The van der Waals surface area contributed by atoms with Crippen LogP contribution < -0.4 is 14.8 Å². The molecule has 1 fully saturated rings. The third-order valence-electron chi connectivity index (χ3n) is 5.25. The van der Waals surface area contributed by atoms with Crippen molar-refractivity contribution in [3.63, 3.8) is 0 Å². The summed E-state index contributed by atoms with van der Waals surface area (Å²) in [6.45, 7) is 1.95. The number of benzene rings is 3. The monoisotopic (exact) mass is 566 g/mol. The number of hydrogen-bond donors (Lipinski definition) is 1. The number of methoxy groups -OCH3 is 1. The second-order valence-corrected chi connectivity index (χ2v) is 9.92. The van der Waals surface area contributed by atoms with E-state index in [9.17, 15) is 14.4 Å². The Morgan fingerprint density at radius 1 is 1.06 bits per heavy atom. The van der Waals surface area contributed by atoms with E-state index in [1.54, 1.807) is 30.3 Å². The lowest BCUT2D eigenvalue weighted by Crippen LogP contribution is -2.27. The molecule has 1 aliphatic rings. The fourth-order valence-corrected chi connectivity index (χ4v) is 4.85. The molecule has 7 nitrogen and oxygen atoms in total. The van der Waals surface area contributed by atoms with Crippen LogP contribution in [0.25, 0.3) is 6.08 Å². The number of carbonyl (C=O) groups is 3. The molecule has 0 atom stereocenters. The van der Waals surface area contributed by atoms with Gasteiger partial charge in [0, 0.05) is 10.2 Å². The second kappa shape index (κ2) is 11.5. The summed E-state index contributed by atoms with van der Waals surface area (Å²) in [6, 6.07) is 20.1. The van der Waals surface area contributed by atoms with Gasteiger partial charge in [0.05, 0.1) is 18.6 Å². The van der Waals surface area contributed by atoms with Crippen LogP contribution in [0.5, 0.6) is 11.5 Å². The lowest BCUT2D eigenvalue weighted by Gasteiger charge is -2.13. The number of halogens is 1. The molecule has 0 radical (unpaired) electrons. The van der Waals surface area contributed by atoms with Crippen LogP contribution in [-0.4, -0.2) is 35.7 Å². The zero-order valence-electron chi connectivity index (χ0n) is 19.6. The summed E-state index contributed by atoms with van der Waals surface area (Å²) in [7, 11) is 1.49. The van der Waals surface area contributed by atoms with E-state index >= 15 is 0 Å². The molecule has 3 amide bonds. The molecule has 0 aliphatic carbocycles. The number of hydrogen-bond acceptors (Lipinski definition) is 6. The molecule has 4 rings (SSSR count). The highest BCUT2D eigenvalue weighted by Gasteiger charge is 2.35. The largest absolute Gasteiger partial charge is 0.493 e. The van der Waals surface area contributed by atoms with E-state index < -0.39 is 0 Å². The van der Waals surface area contributed by atoms with Gasteiger partial charge in [0.2, 0.25) is 0 Å². The lowest BCUT2D eigenvalue weighted by atomic mass is 10.1. The van der Waals surface area contributed by atoms with E-state index in [0.717, 1.165) is 27.4 Å². The number of nitrogens with one attached hydrogen (secondary N) is 1. The lowest BCUT2D eigenvalue weighted by molar-refractivity contribution is -0.123. The molecular formula is C27H23BrN2O5S. The van der Waals surface area contributed by atoms with Gasteiger partial charge in [-0.05, 0) is 77.9 Å². The topological polar surface area (TPSA) is 84.9 Å². The van der Waals surface area contributed by atoms with E-state index in [1.165, 1.54) is 12.0 Å². The summed E-state index contributed by atoms with van der Waals surface area (Å²) in [5, 5.41) is 2.47. The Hall–Kier alpha value is -3.56. The summed E-state index contributed by atoms with van der Waals surface area (Å²) >= 11 is 4.30. The van der Waals surface area contributed by atoms with Gasteiger partial charge in [-0.2, -0.15) is 0 Å². The van der Waals surface area contributed by atoms with Crippen molar-refractivity contribution in [3.05, 3.63) is 92.8 Å². The molecule has 1 N–H and O–H groups in total. The molecule has 0 saturated carbocycles. The number of thioether (sulfide) groups is 1. The molecule has 0 unspecified atom stereocenters. The third kappa shape index (κ3) is 6.35. The van der Waals surface area contributed by atoms with Crippen LogP contribution in [0, 0.1) is 6.92 Å². The van der Waals surface area contributed by atoms with Gasteiger partial charge in [0.1, 0.15) is 0 Å². The first-order chi connectivity index (χ1) is 17.3. The Bertz CT molecular complexity index is 1360. The van der Waals surface area contributed by atoms with Crippen molar-refractivity contribution in [3.8, 4) is 11.5 Å². The van der Waals surface area contributed by atoms with Gasteiger partial charge in [-0.15, -0.1) is 0 Å². The predicted molar refractivity (Wildman–Crippen MR) is 144 cm³/mol. The molecule has 0 bridgehead atoms. The smallest absolute Gasteiger partial charge is 0.293 e. The Morgan fingerprint density at radius 3 is 2.61 bits per heavy atom. The normalized spacial score (nSPS) is 14.3. The van der Waals surface area contributed by atoms with Crippen LogP contribution in [0.15, 0.2) is 76.1 Å². The maximum Gasteiger partial charge on any atom is 0.293 e. The molecule has 1 heterocycles. The first-order valence-corrected chi connectivity index (χ1v) is 12.6. The average molecular weight is 567 g/mol. The fourth-order valence-electron chi connectivity index (χ4n) is 3.56. The minimum Gasteiger partial charge on any atom is -0.493 e. The number of aryl methyl sites for hydroxylation is 1. The first kappa shape index (κ1) is 25.5. The Labute approximate surface area is 221 Å². The third-order valence-corrected chi connectivity index (χ3v) is 6.65. The number of rotatable bonds is 8. The van der Waals surface area contributed by atoms with E-state index in [0.29, 0.717) is 27.7 Å². The van der Waals surface area contributed by atoms with Crippen LogP contribution in [0.2, 0.25) is 0 Å². The highest BCUT2D eigenvalue weighted by Crippen LogP contribution is 2.35. The molecule has 1 saturated heterocycles. The zero-order valence-corrected chi connectivity index (χ0v) is 22.0. The van der Waals surface area contributed by atoms with Crippen molar-refractivity contribution < 1.29 is 23.9 Å². The molecular weight excluding hydrogens is 544 g/mol. The second-order valence-electron chi connectivity index (χ2n) is 8.01. The predicted octanol–water partition coefficient (Wildman–Crippen LogP) is 6.02. The molecule has 3 aromatic carbocycles. The first-order valence-electron chi connectivity index (χ1n) is 11.0. The fraction of sp³-hybridized carbons (Fsp3) is 0.148. The van der Waals surface area contributed by atoms with Gasteiger partial charge < -0.3 is 14.8 Å². The number of ether oxygens (including phenoxy) is 2. The number of amides is 3. The summed E-state index contributed by atoms with van der Waals surface area (Å²) < 4.78 is 11.9. The van der Waals surface area contributed by atoms with Crippen LogP contribution in [0.1, 0.15) is 16.7 Å². The molecule has 36 heavy (non-hydrogen) atoms. The summed E-state index contributed by atoms with van der Waals surface area (Å²) in [5.41, 5.74) is 3.25. The van der Waals surface area contributed by atoms with E-state index in [1.807, 2.05) is 49.4 Å². The summed E-state index contributed by atoms with van der Waals surface area (Å²) in [4.78, 5) is 39.2. The quantitative estimate of drug-likeness (QED) is 0.335. The number of anilines is 1.